The number of carbonyl (C=O) groups excluding carboxylic acids is 1. The molecule has 106 valence electrons. The van der Waals surface area contributed by atoms with Gasteiger partial charge in [0, 0.05) is 16.9 Å². The van der Waals surface area contributed by atoms with Gasteiger partial charge in [-0.15, -0.1) is 0 Å². The zero-order valence-corrected chi connectivity index (χ0v) is 13.7. The molecule has 0 radical (unpaired) electrons. The highest BCUT2D eigenvalue weighted by Crippen LogP contribution is 2.27. The first-order valence-corrected chi connectivity index (χ1v) is 7.49. The number of hydrogen-bond acceptors (Lipinski definition) is 2. The van der Waals surface area contributed by atoms with Crippen LogP contribution in [-0.4, -0.2) is 18.5 Å². The van der Waals surface area contributed by atoms with Gasteiger partial charge >= 0.3 is 0 Å². The lowest BCUT2D eigenvalue weighted by molar-refractivity contribution is -0.116. The molecule has 0 unspecified atom stereocenters. The fraction of sp³-hybridized carbons (Fsp3) is 0.533. The molecule has 1 aromatic rings. The normalized spacial score (nSPS) is 10.8. The molecule has 19 heavy (non-hydrogen) atoms. The highest BCUT2D eigenvalue weighted by molar-refractivity contribution is 9.10. The predicted molar refractivity (Wildman–Crippen MR) is 84.6 cm³/mol. The van der Waals surface area contributed by atoms with Crippen molar-refractivity contribution in [2.75, 3.05) is 11.9 Å². The van der Waals surface area contributed by atoms with Crippen molar-refractivity contribution in [1.29, 1.82) is 0 Å². The van der Waals surface area contributed by atoms with Crippen LogP contribution in [0.15, 0.2) is 16.6 Å². The van der Waals surface area contributed by atoms with Crippen molar-refractivity contribution < 1.29 is 4.79 Å². The average Bonchev–Trinajstić information content (AvgIpc) is 2.29. The molecule has 0 bridgehead atoms. The van der Waals surface area contributed by atoms with Gasteiger partial charge < -0.3 is 10.6 Å². The van der Waals surface area contributed by atoms with E-state index in [1.807, 2.05) is 19.9 Å². The minimum atomic E-state index is 0.0678. The second kappa shape index (κ2) is 7.65. The number of amides is 1. The quantitative estimate of drug-likeness (QED) is 0.781. The fourth-order valence-corrected chi connectivity index (χ4v) is 2.69. The van der Waals surface area contributed by atoms with Crippen LogP contribution in [0.3, 0.4) is 0 Å². The van der Waals surface area contributed by atoms with E-state index >= 15 is 0 Å². The van der Waals surface area contributed by atoms with Crippen molar-refractivity contribution in [3.8, 4) is 0 Å². The molecule has 1 amide bonds. The van der Waals surface area contributed by atoms with E-state index in [1.54, 1.807) is 0 Å². The molecule has 0 heterocycles. The van der Waals surface area contributed by atoms with Gasteiger partial charge in [-0.25, -0.2) is 0 Å². The van der Waals surface area contributed by atoms with Gasteiger partial charge in [0.1, 0.15) is 0 Å². The number of nitrogens with one attached hydrogen (secondary N) is 2. The molecule has 4 heteroatoms. The van der Waals surface area contributed by atoms with Crippen LogP contribution in [0.1, 0.15) is 37.8 Å². The van der Waals surface area contributed by atoms with E-state index in [1.165, 1.54) is 5.56 Å². The first kappa shape index (κ1) is 16.2. The molecule has 3 nitrogen and oxygen atoms in total. The smallest absolute Gasteiger partial charge is 0.224 e. The molecule has 0 aromatic heterocycles. The summed E-state index contributed by atoms with van der Waals surface area (Å²) >= 11 is 3.50. The minimum absolute atomic E-state index is 0.0678. The van der Waals surface area contributed by atoms with Gasteiger partial charge in [-0.3, -0.25) is 4.79 Å². The summed E-state index contributed by atoms with van der Waals surface area (Å²) in [6.07, 6.45) is 1.39. The molecule has 0 spiro atoms. The first-order chi connectivity index (χ1) is 8.90. The predicted octanol–water partition coefficient (Wildman–Crippen LogP) is 3.78. The van der Waals surface area contributed by atoms with E-state index in [-0.39, 0.29) is 5.91 Å². The largest absolute Gasteiger partial charge is 0.325 e. The maximum Gasteiger partial charge on any atom is 0.224 e. The van der Waals surface area contributed by atoms with Crippen LogP contribution in [-0.2, 0) is 4.79 Å². The molecule has 0 aliphatic carbocycles. The lowest BCUT2D eigenvalue weighted by atomic mass is 10.1. The van der Waals surface area contributed by atoms with Crippen molar-refractivity contribution in [2.45, 2.75) is 46.6 Å². The number of rotatable bonds is 6. The van der Waals surface area contributed by atoms with Crippen LogP contribution in [0.25, 0.3) is 0 Å². The van der Waals surface area contributed by atoms with E-state index in [0.29, 0.717) is 12.5 Å². The number of hydrogen-bond donors (Lipinski definition) is 2. The second-order valence-electron chi connectivity index (χ2n) is 5.20. The van der Waals surface area contributed by atoms with Crippen LogP contribution in [0, 0.1) is 13.8 Å². The van der Waals surface area contributed by atoms with Crippen molar-refractivity contribution in [2.24, 2.45) is 0 Å². The van der Waals surface area contributed by atoms with Gasteiger partial charge in [0.2, 0.25) is 5.91 Å². The van der Waals surface area contributed by atoms with Gasteiger partial charge in [0.05, 0.1) is 5.69 Å². The van der Waals surface area contributed by atoms with E-state index in [9.17, 15) is 4.79 Å². The summed E-state index contributed by atoms with van der Waals surface area (Å²) in [7, 11) is 0. The Labute approximate surface area is 124 Å². The van der Waals surface area contributed by atoms with Gasteiger partial charge in [-0.2, -0.15) is 0 Å². The summed E-state index contributed by atoms with van der Waals surface area (Å²) in [4.78, 5) is 11.9. The molecule has 0 fully saturated rings. The SMILES string of the molecule is Cc1cc(C)c(NC(=O)CCCNC(C)C)c(Br)c1. The lowest BCUT2D eigenvalue weighted by Crippen LogP contribution is -2.24. The van der Waals surface area contributed by atoms with Gasteiger partial charge in [-0.05, 0) is 59.9 Å². The maximum atomic E-state index is 11.9. The first-order valence-electron chi connectivity index (χ1n) is 6.70. The molecule has 0 saturated heterocycles. The molecule has 0 aliphatic rings. The molecule has 0 saturated carbocycles. The zero-order chi connectivity index (χ0) is 14.4. The average molecular weight is 327 g/mol. The van der Waals surface area contributed by atoms with Gasteiger partial charge in [0.25, 0.3) is 0 Å². The van der Waals surface area contributed by atoms with E-state index in [0.717, 1.165) is 28.7 Å². The zero-order valence-electron chi connectivity index (χ0n) is 12.1. The Morgan fingerprint density at radius 3 is 2.58 bits per heavy atom. The Bertz CT molecular complexity index is 421. The Morgan fingerprint density at radius 1 is 1.32 bits per heavy atom. The number of benzene rings is 1. The van der Waals surface area contributed by atoms with Crippen molar-refractivity contribution in [1.82, 2.24) is 5.32 Å². The van der Waals surface area contributed by atoms with Gasteiger partial charge in [-0.1, -0.05) is 19.9 Å². The molecule has 1 rings (SSSR count). The number of aryl methyl sites for hydroxylation is 2. The minimum Gasteiger partial charge on any atom is -0.325 e. The highest BCUT2D eigenvalue weighted by atomic mass is 79.9. The van der Waals surface area contributed by atoms with Crippen LogP contribution < -0.4 is 10.6 Å². The van der Waals surface area contributed by atoms with Crippen molar-refractivity contribution in [3.63, 3.8) is 0 Å². The topological polar surface area (TPSA) is 41.1 Å². The summed E-state index contributed by atoms with van der Waals surface area (Å²) in [6.45, 7) is 9.13. The third-order valence-corrected chi connectivity index (χ3v) is 3.45. The summed E-state index contributed by atoms with van der Waals surface area (Å²) in [5.41, 5.74) is 3.15. The van der Waals surface area contributed by atoms with Crippen LogP contribution in [0.2, 0.25) is 0 Å². The Balaban J connectivity index is 2.49. The van der Waals surface area contributed by atoms with E-state index in [4.69, 9.17) is 0 Å². The van der Waals surface area contributed by atoms with E-state index in [2.05, 4.69) is 46.5 Å². The third kappa shape index (κ3) is 5.74. The lowest BCUT2D eigenvalue weighted by Gasteiger charge is -2.12. The van der Waals surface area contributed by atoms with Gasteiger partial charge in [0.15, 0.2) is 0 Å². The molecule has 0 atom stereocenters. The van der Waals surface area contributed by atoms with E-state index < -0.39 is 0 Å². The van der Waals surface area contributed by atoms with Crippen molar-refractivity contribution >= 4 is 27.5 Å². The van der Waals surface area contributed by atoms with Crippen LogP contribution in [0.4, 0.5) is 5.69 Å². The van der Waals surface area contributed by atoms with Crippen LogP contribution in [0.5, 0.6) is 0 Å². The molecule has 2 N–H and O–H groups in total. The van der Waals surface area contributed by atoms with Crippen LogP contribution >= 0.6 is 15.9 Å². The standard InChI is InChI=1S/C15H23BrN2O/c1-10(2)17-7-5-6-14(19)18-15-12(4)8-11(3)9-13(15)16/h8-10,17H,5-7H2,1-4H3,(H,18,19). The Kier molecular flexibility index (Phi) is 6.52. The maximum absolute atomic E-state index is 11.9. The number of carbonyl (C=O) groups is 1. The molecular weight excluding hydrogens is 304 g/mol. The summed E-state index contributed by atoms with van der Waals surface area (Å²) in [5, 5.41) is 6.29. The molecule has 1 aromatic carbocycles. The van der Waals surface area contributed by atoms with Crippen molar-refractivity contribution in [3.05, 3.63) is 27.7 Å². The highest BCUT2D eigenvalue weighted by Gasteiger charge is 2.09. The molecule has 0 aliphatic heterocycles. The third-order valence-electron chi connectivity index (χ3n) is 2.83. The Morgan fingerprint density at radius 2 is 2.00 bits per heavy atom. The number of halogens is 1. The monoisotopic (exact) mass is 326 g/mol. The molecular formula is C15H23BrN2O. The summed E-state index contributed by atoms with van der Waals surface area (Å²) in [5.74, 6) is 0.0678. The summed E-state index contributed by atoms with van der Waals surface area (Å²) in [6, 6.07) is 4.56. The Hall–Kier alpha value is -0.870. The summed E-state index contributed by atoms with van der Waals surface area (Å²) < 4.78 is 0.943. The second-order valence-corrected chi connectivity index (χ2v) is 6.05. The fourth-order valence-electron chi connectivity index (χ4n) is 1.92. The number of anilines is 1.